The average Bonchev–Trinajstić information content (AvgIpc) is 3.04. The maximum Gasteiger partial charge on any atom is 0.344 e. The third-order valence-corrected chi connectivity index (χ3v) is 3.49. The van der Waals surface area contributed by atoms with E-state index in [-0.39, 0.29) is 18.6 Å². The molecule has 2 heterocycles. The summed E-state index contributed by atoms with van der Waals surface area (Å²) in [6, 6.07) is 7.19. The van der Waals surface area contributed by atoms with Crippen molar-refractivity contribution >= 4 is 40.3 Å². The van der Waals surface area contributed by atoms with Crippen molar-refractivity contribution in [2.75, 3.05) is 6.54 Å². The van der Waals surface area contributed by atoms with Crippen molar-refractivity contribution in [1.82, 2.24) is 10.3 Å². The summed E-state index contributed by atoms with van der Waals surface area (Å²) in [6.45, 7) is -0.0814. The summed E-state index contributed by atoms with van der Waals surface area (Å²) in [5.41, 5.74) is 0.979. The average molecular weight is 351 g/mol. The van der Waals surface area contributed by atoms with Crippen LogP contribution in [0.1, 0.15) is 11.7 Å². The van der Waals surface area contributed by atoms with Crippen LogP contribution in [0, 0.1) is 0 Å². The highest BCUT2D eigenvalue weighted by Gasteiger charge is 2.27. The van der Waals surface area contributed by atoms with Gasteiger partial charge in [0.15, 0.2) is 6.23 Å². The van der Waals surface area contributed by atoms with E-state index >= 15 is 0 Å². The number of nitrogens with one attached hydrogen (secondary N) is 1. The summed E-state index contributed by atoms with van der Waals surface area (Å²) in [4.78, 5) is 26.5. The van der Waals surface area contributed by atoms with Crippen LogP contribution in [0.4, 0.5) is 4.79 Å². The highest BCUT2D eigenvalue weighted by Crippen LogP contribution is 2.23. The molecular formula is C13H11BrN4O3. The molecule has 2 aliphatic rings. The Morgan fingerprint density at radius 1 is 1.38 bits per heavy atom. The van der Waals surface area contributed by atoms with Crippen molar-refractivity contribution in [3.8, 4) is 0 Å². The van der Waals surface area contributed by atoms with Gasteiger partial charge in [-0.15, -0.1) is 0 Å². The third kappa shape index (κ3) is 3.17. The van der Waals surface area contributed by atoms with E-state index in [9.17, 15) is 9.59 Å². The monoisotopic (exact) mass is 350 g/mol. The minimum Gasteiger partial charge on any atom is -0.338 e. The van der Waals surface area contributed by atoms with Crippen LogP contribution in [-0.2, 0) is 9.53 Å². The number of imide groups is 1. The molecule has 3 amide bonds. The number of hydrogen-bond acceptors (Lipinski definition) is 5. The summed E-state index contributed by atoms with van der Waals surface area (Å²) in [6.07, 6.45) is 2.27. The molecule has 0 aliphatic carbocycles. The molecule has 8 heteroatoms. The van der Waals surface area contributed by atoms with Crippen LogP contribution < -0.4 is 5.32 Å². The molecule has 1 saturated heterocycles. The number of rotatable bonds is 3. The lowest BCUT2D eigenvalue weighted by Gasteiger charge is -2.10. The summed E-state index contributed by atoms with van der Waals surface area (Å²) in [5.74, 6) is -0.374. The molecule has 0 saturated carbocycles. The molecule has 0 bridgehead atoms. The Morgan fingerprint density at radius 2 is 2.14 bits per heavy atom. The molecule has 3 rings (SSSR count). The quantitative estimate of drug-likeness (QED) is 0.661. The minimum atomic E-state index is -0.567. The van der Waals surface area contributed by atoms with Crippen LogP contribution in [0.15, 0.2) is 38.8 Å². The Morgan fingerprint density at radius 3 is 2.81 bits per heavy atom. The number of aliphatic imine (C=N–C) groups is 1. The molecule has 7 nitrogen and oxygen atoms in total. The largest absolute Gasteiger partial charge is 0.344 e. The first-order valence-corrected chi connectivity index (χ1v) is 7.01. The van der Waals surface area contributed by atoms with E-state index in [0.29, 0.717) is 0 Å². The molecule has 0 spiro atoms. The van der Waals surface area contributed by atoms with Crippen molar-refractivity contribution in [2.24, 2.45) is 10.1 Å². The van der Waals surface area contributed by atoms with Gasteiger partial charge in [-0.25, -0.2) is 9.80 Å². The summed E-state index contributed by atoms with van der Waals surface area (Å²) in [7, 11) is 0. The number of nitrogens with zero attached hydrogens (tertiary/aromatic N) is 3. The van der Waals surface area contributed by atoms with Gasteiger partial charge in [-0.3, -0.25) is 15.1 Å². The molecule has 0 aromatic heterocycles. The SMILES string of the molecule is O=C1CN(/N=C/[C@H]2N=CC(c3ccc(Br)cc3)O2)C(=O)N1. The second kappa shape index (κ2) is 5.74. The lowest BCUT2D eigenvalue weighted by atomic mass is 10.1. The number of benzene rings is 1. The molecule has 2 aliphatic heterocycles. The standard InChI is InChI=1S/C13H11BrN4O3/c14-9-3-1-8(2-4-9)10-5-15-12(21-10)6-16-18-7-11(19)17-13(18)20/h1-6,10,12H,7H2,(H,17,19,20)/b16-6+/t10?,12-/m0/s1. The normalized spacial score (nSPS) is 25.1. The summed E-state index contributed by atoms with van der Waals surface area (Å²) >= 11 is 3.37. The van der Waals surface area contributed by atoms with Gasteiger partial charge in [0.1, 0.15) is 12.6 Å². The number of hydrazone groups is 1. The fourth-order valence-electron chi connectivity index (χ4n) is 1.94. The van der Waals surface area contributed by atoms with Gasteiger partial charge >= 0.3 is 6.03 Å². The van der Waals surface area contributed by atoms with E-state index < -0.39 is 12.3 Å². The Bertz CT molecular complexity index is 629. The number of carbonyl (C=O) groups is 2. The minimum absolute atomic E-state index is 0.0814. The Hall–Kier alpha value is -2.06. The van der Waals surface area contributed by atoms with Crippen molar-refractivity contribution in [3.63, 3.8) is 0 Å². The molecule has 1 fully saturated rings. The topological polar surface area (TPSA) is 83.4 Å². The summed E-state index contributed by atoms with van der Waals surface area (Å²) < 4.78 is 6.67. The van der Waals surface area contributed by atoms with Gasteiger partial charge in [-0.2, -0.15) is 5.10 Å². The maximum atomic E-state index is 11.3. The van der Waals surface area contributed by atoms with Gasteiger partial charge < -0.3 is 4.74 Å². The van der Waals surface area contributed by atoms with Gasteiger partial charge in [-0.05, 0) is 17.7 Å². The molecule has 108 valence electrons. The first-order chi connectivity index (χ1) is 10.1. The van der Waals surface area contributed by atoms with Crippen LogP contribution in [0.2, 0.25) is 0 Å². The molecule has 1 aromatic carbocycles. The van der Waals surface area contributed by atoms with Crippen molar-refractivity contribution in [2.45, 2.75) is 12.3 Å². The lowest BCUT2D eigenvalue weighted by Crippen LogP contribution is -2.24. The van der Waals surface area contributed by atoms with Crippen molar-refractivity contribution in [1.29, 1.82) is 0 Å². The molecule has 0 radical (unpaired) electrons. The molecule has 1 aromatic rings. The van der Waals surface area contributed by atoms with Crippen LogP contribution in [0.25, 0.3) is 0 Å². The predicted molar refractivity (Wildman–Crippen MR) is 79.0 cm³/mol. The van der Waals surface area contributed by atoms with Crippen molar-refractivity contribution < 1.29 is 14.3 Å². The highest BCUT2D eigenvalue weighted by molar-refractivity contribution is 9.10. The van der Waals surface area contributed by atoms with Crippen LogP contribution in [-0.4, -0.2) is 42.1 Å². The Balaban J connectivity index is 1.60. The zero-order valence-electron chi connectivity index (χ0n) is 10.8. The zero-order valence-corrected chi connectivity index (χ0v) is 12.4. The highest BCUT2D eigenvalue weighted by atomic mass is 79.9. The Kier molecular flexibility index (Phi) is 3.80. The van der Waals surface area contributed by atoms with Gasteiger partial charge in [-0.1, -0.05) is 28.1 Å². The predicted octanol–water partition coefficient (Wildman–Crippen LogP) is 1.45. The van der Waals surface area contributed by atoms with E-state index in [1.54, 1.807) is 6.21 Å². The third-order valence-electron chi connectivity index (χ3n) is 2.96. The molecule has 1 N–H and O–H groups in total. The van der Waals surface area contributed by atoms with Gasteiger partial charge in [0, 0.05) is 10.7 Å². The van der Waals surface area contributed by atoms with E-state index in [1.807, 2.05) is 24.3 Å². The second-order valence-corrected chi connectivity index (χ2v) is 5.39. The first kappa shape index (κ1) is 13.9. The molecule has 21 heavy (non-hydrogen) atoms. The lowest BCUT2D eigenvalue weighted by molar-refractivity contribution is -0.118. The molecular weight excluding hydrogens is 340 g/mol. The number of halogens is 1. The fraction of sp³-hybridized carbons (Fsp3) is 0.231. The fourth-order valence-corrected chi connectivity index (χ4v) is 2.20. The Labute approximate surface area is 128 Å². The van der Waals surface area contributed by atoms with Gasteiger partial charge in [0.05, 0.1) is 6.21 Å². The smallest absolute Gasteiger partial charge is 0.338 e. The van der Waals surface area contributed by atoms with Crippen LogP contribution >= 0.6 is 15.9 Å². The number of carbonyl (C=O) groups excluding carboxylic acids is 2. The first-order valence-electron chi connectivity index (χ1n) is 6.21. The number of urea groups is 1. The number of amides is 3. The second-order valence-electron chi connectivity index (χ2n) is 4.47. The van der Waals surface area contributed by atoms with Gasteiger partial charge in [0.25, 0.3) is 0 Å². The van der Waals surface area contributed by atoms with Gasteiger partial charge in [0.2, 0.25) is 5.91 Å². The van der Waals surface area contributed by atoms with E-state index in [0.717, 1.165) is 15.0 Å². The van der Waals surface area contributed by atoms with Crippen LogP contribution in [0.3, 0.4) is 0 Å². The van der Waals surface area contributed by atoms with E-state index in [4.69, 9.17) is 4.74 Å². The summed E-state index contributed by atoms with van der Waals surface area (Å²) in [5, 5.41) is 7.08. The molecule has 2 atom stereocenters. The zero-order chi connectivity index (χ0) is 14.8. The van der Waals surface area contributed by atoms with E-state index in [1.165, 1.54) is 6.21 Å². The maximum absolute atomic E-state index is 11.3. The number of ether oxygens (including phenoxy) is 1. The number of hydrogen-bond donors (Lipinski definition) is 1. The van der Waals surface area contributed by atoms with Crippen molar-refractivity contribution in [3.05, 3.63) is 34.3 Å². The molecule has 1 unspecified atom stereocenters. The van der Waals surface area contributed by atoms with Crippen LogP contribution in [0.5, 0.6) is 0 Å². The van der Waals surface area contributed by atoms with E-state index in [2.05, 4.69) is 31.3 Å².